The van der Waals surface area contributed by atoms with Gasteiger partial charge in [0, 0.05) is 36.6 Å². The number of likely N-dealkylation sites (tertiary alicyclic amines) is 1. The molecule has 0 unspecified atom stereocenters. The number of nitrogens with zero attached hydrogens (tertiary/aromatic N) is 4. The zero-order valence-electron chi connectivity index (χ0n) is 14.2. The first kappa shape index (κ1) is 18.9. The highest BCUT2D eigenvalue weighted by atomic mass is 35.5. The third-order valence-corrected chi connectivity index (χ3v) is 5.01. The minimum atomic E-state index is 0. The Morgan fingerprint density at radius 3 is 2.65 bits per heavy atom. The highest BCUT2D eigenvalue weighted by molar-refractivity contribution is 6.30. The molecular formula is C19H21Cl2N5. The minimum Gasteiger partial charge on any atom is -0.326 e. The zero-order valence-corrected chi connectivity index (χ0v) is 15.8. The van der Waals surface area contributed by atoms with Crippen molar-refractivity contribution < 1.29 is 0 Å². The van der Waals surface area contributed by atoms with E-state index in [2.05, 4.69) is 45.3 Å². The maximum atomic E-state index is 6.42. The number of nitrogens with two attached hydrogens (primary N) is 1. The van der Waals surface area contributed by atoms with Gasteiger partial charge in [-0.05, 0) is 23.3 Å². The molecule has 7 heteroatoms. The summed E-state index contributed by atoms with van der Waals surface area (Å²) in [5.41, 5.74) is 9.85. The predicted molar refractivity (Wildman–Crippen MR) is 106 cm³/mol. The van der Waals surface area contributed by atoms with Crippen LogP contribution in [-0.2, 0) is 6.54 Å². The number of hydrogen-bond acceptors (Lipinski definition) is 4. The van der Waals surface area contributed by atoms with Crippen molar-refractivity contribution in [2.24, 2.45) is 5.73 Å². The monoisotopic (exact) mass is 389 g/mol. The van der Waals surface area contributed by atoms with Crippen molar-refractivity contribution in [1.82, 2.24) is 19.7 Å². The fourth-order valence-corrected chi connectivity index (χ4v) is 3.72. The van der Waals surface area contributed by atoms with E-state index in [0.29, 0.717) is 10.9 Å². The molecule has 4 rings (SSSR count). The number of hydrogen-bond donors (Lipinski definition) is 1. The maximum absolute atomic E-state index is 6.42. The lowest BCUT2D eigenvalue weighted by atomic mass is 9.95. The molecule has 0 saturated carbocycles. The molecule has 1 aromatic heterocycles. The largest absolute Gasteiger partial charge is 0.326 e. The summed E-state index contributed by atoms with van der Waals surface area (Å²) < 4.78 is 1.76. The van der Waals surface area contributed by atoms with Crippen LogP contribution in [0, 0.1) is 0 Å². The summed E-state index contributed by atoms with van der Waals surface area (Å²) in [5, 5.41) is 4.93. The van der Waals surface area contributed by atoms with Gasteiger partial charge in [0.25, 0.3) is 0 Å². The summed E-state index contributed by atoms with van der Waals surface area (Å²) in [4.78, 5) is 6.43. The van der Waals surface area contributed by atoms with Crippen molar-refractivity contribution in [2.75, 3.05) is 13.1 Å². The van der Waals surface area contributed by atoms with E-state index in [1.54, 1.807) is 11.0 Å². The second kappa shape index (κ2) is 8.18. The smallest absolute Gasteiger partial charge is 0.138 e. The van der Waals surface area contributed by atoms with Crippen LogP contribution in [0.15, 0.2) is 61.2 Å². The fourth-order valence-electron chi connectivity index (χ4n) is 3.55. The van der Waals surface area contributed by atoms with E-state index >= 15 is 0 Å². The van der Waals surface area contributed by atoms with Crippen LogP contribution in [0.2, 0.25) is 5.02 Å². The molecule has 1 aliphatic rings. The molecule has 0 radical (unpaired) electrons. The Kier molecular flexibility index (Phi) is 5.94. The van der Waals surface area contributed by atoms with Gasteiger partial charge in [0.15, 0.2) is 0 Å². The average Bonchev–Trinajstić information content (AvgIpc) is 3.27. The van der Waals surface area contributed by atoms with Gasteiger partial charge >= 0.3 is 0 Å². The second-order valence-electron chi connectivity index (χ2n) is 6.49. The molecular weight excluding hydrogens is 369 g/mol. The van der Waals surface area contributed by atoms with Gasteiger partial charge in [-0.25, -0.2) is 9.67 Å². The molecule has 0 amide bonds. The Bertz CT molecular complexity index is 838. The first-order valence-electron chi connectivity index (χ1n) is 8.37. The van der Waals surface area contributed by atoms with Crippen LogP contribution in [0.3, 0.4) is 0 Å². The lowest BCUT2D eigenvalue weighted by Gasteiger charge is -2.18. The molecule has 2 heterocycles. The normalized spacial score (nSPS) is 20.1. The molecule has 0 bridgehead atoms. The maximum Gasteiger partial charge on any atom is 0.138 e. The van der Waals surface area contributed by atoms with E-state index < -0.39 is 0 Å². The Hall–Kier alpha value is -1.92. The van der Waals surface area contributed by atoms with Crippen LogP contribution in [0.1, 0.15) is 17.0 Å². The standard InChI is InChI=1S/C19H20ClN5.ClH/c20-16-7-6-15(19(8-16)25-13-22-12-23-25)9-24-10-17(18(21)11-24)14-4-2-1-3-5-14;/h1-8,12-13,17-18H,9-11,21H2;1H/t17-,18+;/m0./s1. The Morgan fingerprint density at radius 1 is 1.12 bits per heavy atom. The van der Waals surface area contributed by atoms with Crippen molar-refractivity contribution in [3.8, 4) is 5.69 Å². The van der Waals surface area contributed by atoms with Crippen molar-refractivity contribution in [2.45, 2.75) is 18.5 Å². The van der Waals surface area contributed by atoms with Crippen molar-refractivity contribution in [3.05, 3.63) is 77.3 Å². The summed E-state index contributed by atoms with van der Waals surface area (Å²) in [5.74, 6) is 0.364. The third-order valence-electron chi connectivity index (χ3n) is 4.78. The van der Waals surface area contributed by atoms with Gasteiger partial charge in [-0.2, -0.15) is 5.10 Å². The molecule has 136 valence electrons. The summed E-state index contributed by atoms with van der Waals surface area (Å²) >= 11 is 6.18. The predicted octanol–water partition coefficient (Wildman–Crippen LogP) is 3.27. The first-order valence-corrected chi connectivity index (χ1v) is 8.75. The molecule has 2 atom stereocenters. The van der Waals surface area contributed by atoms with Crippen LogP contribution < -0.4 is 5.73 Å². The van der Waals surface area contributed by atoms with Gasteiger partial charge in [0.05, 0.1) is 5.69 Å². The molecule has 2 N–H and O–H groups in total. The van der Waals surface area contributed by atoms with E-state index in [4.69, 9.17) is 17.3 Å². The molecule has 3 aromatic rings. The summed E-state index contributed by atoms with van der Waals surface area (Å²) in [6.07, 6.45) is 3.22. The van der Waals surface area contributed by atoms with Gasteiger partial charge in [-0.15, -0.1) is 12.4 Å². The van der Waals surface area contributed by atoms with Gasteiger partial charge in [-0.1, -0.05) is 48.0 Å². The molecule has 0 aliphatic carbocycles. The SMILES string of the molecule is Cl.N[C@@H]1CN(Cc2ccc(Cl)cc2-n2cncn2)C[C@H]1c1ccccc1. The average molecular weight is 390 g/mol. The van der Waals surface area contributed by atoms with Crippen molar-refractivity contribution in [1.29, 1.82) is 0 Å². The topological polar surface area (TPSA) is 60.0 Å². The fraction of sp³-hybridized carbons (Fsp3) is 0.263. The Morgan fingerprint density at radius 2 is 1.92 bits per heavy atom. The summed E-state index contributed by atoms with van der Waals surface area (Å²) in [6, 6.07) is 16.6. The van der Waals surface area contributed by atoms with Gasteiger partial charge in [-0.3, -0.25) is 4.90 Å². The quantitative estimate of drug-likeness (QED) is 0.743. The van der Waals surface area contributed by atoms with Crippen molar-refractivity contribution >= 4 is 24.0 Å². The highest BCUT2D eigenvalue weighted by Crippen LogP contribution is 2.29. The summed E-state index contributed by atoms with van der Waals surface area (Å²) in [7, 11) is 0. The highest BCUT2D eigenvalue weighted by Gasteiger charge is 2.31. The number of rotatable bonds is 4. The summed E-state index contributed by atoms with van der Waals surface area (Å²) in [6.45, 7) is 2.63. The number of benzene rings is 2. The van der Waals surface area contributed by atoms with Gasteiger partial charge in [0.2, 0.25) is 0 Å². The molecule has 26 heavy (non-hydrogen) atoms. The number of aromatic nitrogens is 3. The van der Waals surface area contributed by atoms with Crippen LogP contribution in [0.4, 0.5) is 0 Å². The van der Waals surface area contributed by atoms with Gasteiger partial charge in [0.1, 0.15) is 12.7 Å². The molecule has 1 aliphatic heterocycles. The Labute approximate surface area is 164 Å². The lowest BCUT2D eigenvalue weighted by Crippen LogP contribution is -2.28. The van der Waals surface area contributed by atoms with Crippen LogP contribution in [0.25, 0.3) is 5.69 Å². The lowest BCUT2D eigenvalue weighted by molar-refractivity contribution is 0.323. The Balaban J connectivity index is 0.00000196. The van der Waals surface area contributed by atoms with Crippen LogP contribution in [-0.4, -0.2) is 38.8 Å². The third kappa shape index (κ3) is 3.91. The van der Waals surface area contributed by atoms with E-state index in [1.807, 2.05) is 18.2 Å². The van der Waals surface area contributed by atoms with E-state index in [0.717, 1.165) is 30.9 Å². The van der Waals surface area contributed by atoms with E-state index in [1.165, 1.54) is 11.9 Å². The van der Waals surface area contributed by atoms with Crippen molar-refractivity contribution in [3.63, 3.8) is 0 Å². The molecule has 5 nitrogen and oxygen atoms in total. The first-order chi connectivity index (χ1) is 12.2. The van der Waals surface area contributed by atoms with E-state index in [9.17, 15) is 0 Å². The molecule has 1 saturated heterocycles. The zero-order chi connectivity index (χ0) is 17.2. The van der Waals surface area contributed by atoms with Crippen LogP contribution in [0.5, 0.6) is 0 Å². The minimum absolute atomic E-state index is 0. The van der Waals surface area contributed by atoms with Crippen LogP contribution >= 0.6 is 24.0 Å². The molecule has 0 spiro atoms. The second-order valence-corrected chi connectivity index (χ2v) is 6.92. The van der Waals surface area contributed by atoms with Gasteiger partial charge < -0.3 is 5.73 Å². The molecule has 1 fully saturated rings. The molecule has 2 aromatic carbocycles. The number of halogens is 2. The van der Waals surface area contributed by atoms with E-state index in [-0.39, 0.29) is 18.4 Å².